The van der Waals surface area contributed by atoms with E-state index in [1.807, 2.05) is 6.07 Å². The van der Waals surface area contributed by atoms with Crippen molar-refractivity contribution < 1.29 is 9.59 Å². The molecule has 15 heavy (non-hydrogen) atoms. The average Bonchev–Trinajstić information content (AvgIpc) is 2.86. The Hall–Kier alpha value is -1.57. The molecule has 5 nitrogen and oxygen atoms in total. The highest BCUT2D eigenvalue weighted by Crippen LogP contribution is 2.38. The summed E-state index contributed by atoms with van der Waals surface area (Å²) in [5.74, 6) is -1.04. The second kappa shape index (κ2) is 3.54. The summed E-state index contributed by atoms with van der Waals surface area (Å²) < 4.78 is 0. The largest absolute Gasteiger partial charge is 0.368 e. The number of nitriles is 1. The molecule has 0 aromatic carbocycles. The fourth-order valence-corrected chi connectivity index (χ4v) is 1.92. The number of carbonyl (C=O) groups is 2. The van der Waals surface area contributed by atoms with Crippen LogP contribution < -0.4 is 5.73 Å². The Bertz CT molecular complexity index is 343. The van der Waals surface area contributed by atoms with E-state index in [1.54, 1.807) is 0 Å². The molecule has 2 atom stereocenters. The zero-order chi connectivity index (χ0) is 11.0. The molecule has 2 aliphatic rings. The molecule has 1 aliphatic heterocycles. The summed E-state index contributed by atoms with van der Waals surface area (Å²) in [7, 11) is 0. The summed E-state index contributed by atoms with van der Waals surface area (Å²) in [5.41, 5.74) is 5.14. The van der Waals surface area contributed by atoms with Gasteiger partial charge in [-0.25, -0.2) is 0 Å². The lowest BCUT2D eigenvalue weighted by Gasteiger charge is -2.39. The number of carbonyl (C=O) groups excluding carboxylic acids is 2. The molecule has 80 valence electrons. The molecular formula is C10H13N3O2. The van der Waals surface area contributed by atoms with Gasteiger partial charge < -0.3 is 10.6 Å². The molecule has 1 saturated heterocycles. The van der Waals surface area contributed by atoms with Crippen LogP contribution in [-0.4, -0.2) is 29.3 Å². The first kappa shape index (κ1) is 9.97. The van der Waals surface area contributed by atoms with Crippen LogP contribution in [-0.2, 0) is 9.59 Å². The number of rotatable bonds is 3. The normalized spacial score (nSPS) is 26.3. The lowest BCUT2D eigenvalue weighted by atomic mass is 9.96. The molecule has 1 saturated carbocycles. The van der Waals surface area contributed by atoms with E-state index in [0.717, 1.165) is 12.8 Å². The van der Waals surface area contributed by atoms with Gasteiger partial charge in [-0.2, -0.15) is 5.26 Å². The van der Waals surface area contributed by atoms with Crippen LogP contribution in [0.1, 0.15) is 19.3 Å². The molecule has 1 aliphatic carbocycles. The van der Waals surface area contributed by atoms with Gasteiger partial charge in [0.1, 0.15) is 12.0 Å². The Morgan fingerprint density at radius 1 is 1.40 bits per heavy atom. The van der Waals surface area contributed by atoms with Gasteiger partial charge in [0.25, 0.3) is 0 Å². The van der Waals surface area contributed by atoms with E-state index in [4.69, 9.17) is 11.0 Å². The van der Waals surface area contributed by atoms with Crippen molar-refractivity contribution in [3.8, 4) is 6.07 Å². The predicted octanol–water partition coefficient (Wildman–Crippen LogP) is -0.378. The third kappa shape index (κ3) is 1.67. The molecule has 0 aromatic heterocycles. The third-order valence-corrected chi connectivity index (χ3v) is 3.13. The fourth-order valence-electron chi connectivity index (χ4n) is 1.92. The molecule has 0 spiro atoms. The molecule has 0 radical (unpaired) electrons. The van der Waals surface area contributed by atoms with Crippen molar-refractivity contribution in [1.82, 2.24) is 4.90 Å². The summed E-state index contributed by atoms with van der Waals surface area (Å²) in [4.78, 5) is 24.2. The number of amides is 2. The molecule has 0 aromatic rings. The minimum Gasteiger partial charge on any atom is -0.368 e. The maximum Gasteiger partial charge on any atom is 0.240 e. The van der Waals surface area contributed by atoms with Crippen LogP contribution in [0.4, 0.5) is 0 Å². The van der Waals surface area contributed by atoms with E-state index >= 15 is 0 Å². The van der Waals surface area contributed by atoms with Crippen LogP contribution >= 0.6 is 0 Å². The number of hydrogen-bond acceptors (Lipinski definition) is 3. The fraction of sp³-hybridized carbons (Fsp3) is 0.700. The van der Waals surface area contributed by atoms with E-state index in [2.05, 4.69) is 0 Å². The molecule has 5 heteroatoms. The van der Waals surface area contributed by atoms with Crippen LogP contribution in [0, 0.1) is 23.2 Å². The Morgan fingerprint density at radius 2 is 2.07 bits per heavy atom. The summed E-state index contributed by atoms with van der Waals surface area (Å²) in [6, 6.07) is 1.55. The third-order valence-electron chi connectivity index (χ3n) is 3.13. The molecule has 2 N–H and O–H groups in total. The van der Waals surface area contributed by atoms with Gasteiger partial charge in [0, 0.05) is 6.54 Å². The Labute approximate surface area is 87.8 Å². The lowest BCUT2D eigenvalue weighted by Crippen LogP contribution is -2.58. The van der Waals surface area contributed by atoms with Crippen LogP contribution in [0.3, 0.4) is 0 Å². The molecule has 2 fully saturated rings. The van der Waals surface area contributed by atoms with Gasteiger partial charge in [-0.15, -0.1) is 0 Å². The van der Waals surface area contributed by atoms with Crippen molar-refractivity contribution in [2.75, 3.05) is 6.54 Å². The standard InChI is InChI=1S/C10H13N3O2/c11-5-7(6-1-2-6)10(15)13-4-3-8(13)9(12)14/h6-8H,1-4H2,(H2,12,14). The number of nitrogens with two attached hydrogens (primary N) is 1. The molecule has 2 rings (SSSR count). The lowest BCUT2D eigenvalue weighted by molar-refractivity contribution is -0.148. The van der Waals surface area contributed by atoms with Gasteiger partial charge in [-0.05, 0) is 25.2 Å². The van der Waals surface area contributed by atoms with Gasteiger partial charge >= 0.3 is 0 Å². The van der Waals surface area contributed by atoms with Crippen LogP contribution in [0.25, 0.3) is 0 Å². The molecule has 0 bridgehead atoms. The van der Waals surface area contributed by atoms with Crippen molar-refractivity contribution in [2.45, 2.75) is 25.3 Å². The van der Waals surface area contributed by atoms with E-state index in [9.17, 15) is 9.59 Å². The zero-order valence-electron chi connectivity index (χ0n) is 8.35. The zero-order valence-corrected chi connectivity index (χ0v) is 8.35. The molecule has 2 amide bonds. The first-order valence-electron chi connectivity index (χ1n) is 5.14. The SMILES string of the molecule is N#CC(C(=O)N1CCC1C(N)=O)C1CC1. The summed E-state index contributed by atoms with van der Waals surface area (Å²) >= 11 is 0. The Kier molecular flexibility index (Phi) is 2.35. The monoisotopic (exact) mass is 207 g/mol. The Balaban J connectivity index is 2.01. The van der Waals surface area contributed by atoms with E-state index < -0.39 is 17.9 Å². The number of nitrogens with zero attached hydrogens (tertiary/aromatic N) is 2. The average molecular weight is 207 g/mol. The van der Waals surface area contributed by atoms with Crippen molar-refractivity contribution in [1.29, 1.82) is 5.26 Å². The molecule has 1 heterocycles. The first-order chi connectivity index (χ1) is 7.15. The van der Waals surface area contributed by atoms with E-state index in [0.29, 0.717) is 13.0 Å². The number of primary amides is 1. The highest BCUT2D eigenvalue weighted by atomic mass is 16.2. The van der Waals surface area contributed by atoms with Crippen LogP contribution in [0.5, 0.6) is 0 Å². The van der Waals surface area contributed by atoms with Gasteiger partial charge in [0.05, 0.1) is 6.07 Å². The van der Waals surface area contributed by atoms with Crippen molar-refractivity contribution in [2.24, 2.45) is 17.6 Å². The van der Waals surface area contributed by atoms with Crippen molar-refractivity contribution in [3.05, 3.63) is 0 Å². The second-order valence-corrected chi connectivity index (χ2v) is 4.18. The maximum absolute atomic E-state index is 11.8. The number of hydrogen-bond donors (Lipinski definition) is 1. The quantitative estimate of drug-likeness (QED) is 0.684. The van der Waals surface area contributed by atoms with Gasteiger partial charge in [-0.3, -0.25) is 9.59 Å². The van der Waals surface area contributed by atoms with Crippen LogP contribution in [0.2, 0.25) is 0 Å². The summed E-state index contributed by atoms with van der Waals surface area (Å²) in [6.07, 6.45) is 2.52. The summed E-state index contributed by atoms with van der Waals surface area (Å²) in [5, 5.41) is 8.89. The second-order valence-electron chi connectivity index (χ2n) is 4.18. The molecular weight excluding hydrogens is 194 g/mol. The molecule has 2 unspecified atom stereocenters. The predicted molar refractivity (Wildman–Crippen MR) is 51.1 cm³/mol. The highest BCUT2D eigenvalue weighted by Gasteiger charge is 2.44. The number of likely N-dealkylation sites (tertiary alicyclic amines) is 1. The minimum atomic E-state index is -0.563. The van der Waals surface area contributed by atoms with Gasteiger partial charge in [-0.1, -0.05) is 0 Å². The van der Waals surface area contributed by atoms with Crippen LogP contribution in [0.15, 0.2) is 0 Å². The smallest absolute Gasteiger partial charge is 0.240 e. The van der Waals surface area contributed by atoms with E-state index in [-0.39, 0.29) is 11.8 Å². The first-order valence-corrected chi connectivity index (χ1v) is 5.14. The maximum atomic E-state index is 11.8. The topological polar surface area (TPSA) is 87.2 Å². The summed E-state index contributed by atoms with van der Waals surface area (Å²) in [6.45, 7) is 0.553. The minimum absolute atomic E-state index is 0.205. The highest BCUT2D eigenvalue weighted by molar-refractivity contribution is 5.90. The van der Waals surface area contributed by atoms with Crippen molar-refractivity contribution >= 4 is 11.8 Å². The van der Waals surface area contributed by atoms with Gasteiger partial charge in [0.2, 0.25) is 11.8 Å². The van der Waals surface area contributed by atoms with Crippen molar-refractivity contribution in [3.63, 3.8) is 0 Å². The Morgan fingerprint density at radius 3 is 2.40 bits per heavy atom. The van der Waals surface area contributed by atoms with Gasteiger partial charge in [0.15, 0.2) is 0 Å². The van der Waals surface area contributed by atoms with E-state index in [1.165, 1.54) is 4.90 Å².